The third-order valence-corrected chi connectivity index (χ3v) is 3.56. The van der Waals surface area contributed by atoms with Crippen LogP contribution in [0.25, 0.3) is 0 Å². The quantitative estimate of drug-likeness (QED) is 0.389. The van der Waals surface area contributed by atoms with Crippen molar-refractivity contribution in [3.05, 3.63) is 0 Å². The lowest BCUT2D eigenvalue weighted by atomic mass is 9.99. The molecule has 0 spiro atoms. The molecule has 2 saturated heterocycles. The van der Waals surface area contributed by atoms with Gasteiger partial charge in [0.1, 0.15) is 18.3 Å². The monoisotopic (exact) mass is 319 g/mol. The van der Waals surface area contributed by atoms with Crippen LogP contribution in [-0.2, 0) is 23.9 Å². The van der Waals surface area contributed by atoms with Gasteiger partial charge in [0, 0.05) is 12.8 Å². The summed E-state index contributed by atoms with van der Waals surface area (Å²) in [4.78, 5) is 34.7. The Balaban J connectivity index is 1.89. The van der Waals surface area contributed by atoms with Gasteiger partial charge in [0.15, 0.2) is 12.4 Å². The summed E-state index contributed by atoms with van der Waals surface area (Å²) in [6, 6.07) is 0. The molecule has 124 valence electrons. The van der Waals surface area contributed by atoms with Crippen LogP contribution in [0.1, 0.15) is 12.8 Å². The highest BCUT2D eigenvalue weighted by Gasteiger charge is 2.47. The molecular weight excluding hydrogens is 302 g/mol. The summed E-state index contributed by atoms with van der Waals surface area (Å²) in [5.74, 6) is -2.19. The number of carbonyl (C=O) groups excluding carboxylic acids is 2. The number of aliphatic hydroxyl groups is 3. The minimum absolute atomic E-state index is 0.0688. The van der Waals surface area contributed by atoms with Crippen molar-refractivity contribution in [3.8, 4) is 0 Å². The van der Waals surface area contributed by atoms with Crippen molar-refractivity contribution in [2.24, 2.45) is 0 Å². The Kier molecular flexibility index (Phi) is 5.08. The number of carboxylic acids is 1. The first-order valence-corrected chi connectivity index (χ1v) is 6.70. The number of amides is 2. The van der Waals surface area contributed by atoms with Gasteiger partial charge in [-0.3, -0.25) is 14.5 Å². The van der Waals surface area contributed by atoms with Gasteiger partial charge in [0.05, 0.1) is 13.2 Å². The van der Waals surface area contributed by atoms with Gasteiger partial charge in [-0.1, -0.05) is 0 Å². The maximum atomic E-state index is 11.4. The van der Waals surface area contributed by atoms with E-state index in [0.717, 1.165) is 4.90 Å². The highest BCUT2D eigenvalue weighted by Crippen LogP contribution is 2.22. The highest BCUT2D eigenvalue weighted by atomic mass is 16.7. The smallest absolute Gasteiger partial charge is 0.335 e. The van der Waals surface area contributed by atoms with Gasteiger partial charge < -0.3 is 29.9 Å². The number of hydrogen-bond donors (Lipinski definition) is 4. The standard InChI is InChI=1S/C12H17NO9/c14-5-1-2-6(15)13(5)3-4-21-12-9(18)7(16)8(17)10(22-12)11(19)20/h7-10,12,16-18H,1-4H2,(H,19,20)/t7-,8-,9-,10+,12+/m0/s1. The average molecular weight is 319 g/mol. The van der Waals surface area contributed by atoms with Crippen molar-refractivity contribution in [2.45, 2.75) is 43.5 Å². The molecule has 22 heavy (non-hydrogen) atoms. The molecule has 10 heteroatoms. The molecule has 0 unspecified atom stereocenters. The molecule has 0 radical (unpaired) electrons. The molecule has 5 atom stereocenters. The molecular formula is C12H17NO9. The Morgan fingerprint density at radius 1 is 1.14 bits per heavy atom. The molecule has 0 aromatic heterocycles. The summed E-state index contributed by atoms with van der Waals surface area (Å²) in [7, 11) is 0. The number of nitrogens with zero attached hydrogens (tertiary/aromatic N) is 1. The van der Waals surface area contributed by atoms with E-state index in [4.69, 9.17) is 14.6 Å². The van der Waals surface area contributed by atoms with Crippen LogP contribution in [-0.4, -0.2) is 87.0 Å². The van der Waals surface area contributed by atoms with Gasteiger partial charge >= 0.3 is 5.97 Å². The fourth-order valence-corrected chi connectivity index (χ4v) is 2.32. The predicted molar refractivity (Wildman–Crippen MR) is 66.2 cm³/mol. The van der Waals surface area contributed by atoms with E-state index in [1.807, 2.05) is 0 Å². The van der Waals surface area contributed by atoms with Crippen LogP contribution in [0.4, 0.5) is 0 Å². The second kappa shape index (κ2) is 6.67. The largest absolute Gasteiger partial charge is 0.479 e. The van der Waals surface area contributed by atoms with E-state index in [1.54, 1.807) is 0 Å². The summed E-state index contributed by atoms with van der Waals surface area (Å²) in [5.41, 5.74) is 0. The number of aliphatic carboxylic acids is 1. The number of aliphatic hydroxyl groups excluding tert-OH is 3. The Morgan fingerprint density at radius 2 is 1.73 bits per heavy atom. The molecule has 2 aliphatic heterocycles. The maximum Gasteiger partial charge on any atom is 0.335 e. The molecule has 0 saturated carbocycles. The van der Waals surface area contributed by atoms with E-state index in [9.17, 15) is 29.7 Å². The van der Waals surface area contributed by atoms with Crippen LogP contribution in [0.3, 0.4) is 0 Å². The first kappa shape index (κ1) is 16.8. The summed E-state index contributed by atoms with van der Waals surface area (Å²) in [6.07, 6.45) is -8.19. The maximum absolute atomic E-state index is 11.4. The fourth-order valence-electron chi connectivity index (χ4n) is 2.32. The first-order chi connectivity index (χ1) is 10.3. The van der Waals surface area contributed by atoms with Crippen molar-refractivity contribution < 1.29 is 44.3 Å². The second-order valence-electron chi connectivity index (χ2n) is 5.04. The van der Waals surface area contributed by atoms with E-state index < -0.39 is 36.7 Å². The van der Waals surface area contributed by atoms with Gasteiger partial charge in [0.2, 0.25) is 11.8 Å². The molecule has 2 amide bonds. The first-order valence-electron chi connectivity index (χ1n) is 6.70. The number of carboxylic acid groups (broad SMARTS) is 1. The Bertz CT molecular complexity index is 452. The number of carbonyl (C=O) groups is 3. The number of rotatable bonds is 5. The minimum Gasteiger partial charge on any atom is -0.479 e. The predicted octanol–water partition coefficient (Wildman–Crippen LogP) is -2.96. The zero-order valence-corrected chi connectivity index (χ0v) is 11.5. The number of likely N-dealkylation sites (tertiary alicyclic amines) is 1. The van der Waals surface area contributed by atoms with Crippen LogP contribution in [0.5, 0.6) is 0 Å². The molecule has 10 nitrogen and oxygen atoms in total. The summed E-state index contributed by atoms with van der Waals surface area (Å²) in [5, 5.41) is 37.7. The SMILES string of the molecule is O=C(O)[C@@H]1O[C@@H](OCCN2C(=O)CCC2=O)[C@@H](O)[C@@H](O)[C@@H]1O. The van der Waals surface area contributed by atoms with Crippen molar-refractivity contribution in [3.63, 3.8) is 0 Å². The van der Waals surface area contributed by atoms with Crippen molar-refractivity contribution in [1.29, 1.82) is 0 Å². The van der Waals surface area contributed by atoms with Crippen LogP contribution in [0, 0.1) is 0 Å². The molecule has 2 rings (SSSR count). The summed E-state index contributed by atoms with van der Waals surface area (Å²) >= 11 is 0. The van der Waals surface area contributed by atoms with Crippen molar-refractivity contribution in [2.75, 3.05) is 13.2 Å². The van der Waals surface area contributed by atoms with E-state index in [2.05, 4.69) is 0 Å². The Morgan fingerprint density at radius 3 is 2.27 bits per heavy atom. The van der Waals surface area contributed by atoms with E-state index in [-0.39, 0.29) is 37.8 Å². The van der Waals surface area contributed by atoms with Crippen LogP contribution < -0.4 is 0 Å². The molecule has 0 aliphatic carbocycles. The van der Waals surface area contributed by atoms with Crippen molar-refractivity contribution in [1.82, 2.24) is 4.90 Å². The molecule has 2 heterocycles. The molecule has 4 N–H and O–H groups in total. The highest BCUT2D eigenvalue weighted by molar-refractivity contribution is 6.01. The lowest BCUT2D eigenvalue weighted by molar-refractivity contribution is -0.294. The summed E-state index contributed by atoms with van der Waals surface area (Å²) in [6.45, 7) is -0.269. The lowest BCUT2D eigenvalue weighted by Crippen LogP contribution is -2.60. The third kappa shape index (κ3) is 3.25. The van der Waals surface area contributed by atoms with Gasteiger partial charge in [-0.05, 0) is 0 Å². The number of ether oxygens (including phenoxy) is 2. The van der Waals surface area contributed by atoms with E-state index >= 15 is 0 Å². The minimum atomic E-state index is -1.80. The molecule has 2 aliphatic rings. The van der Waals surface area contributed by atoms with Gasteiger partial charge in [-0.2, -0.15) is 0 Å². The zero-order valence-electron chi connectivity index (χ0n) is 11.5. The van der Waals surface area contributed by atoms with Crippen LogP contribution in [0.2, 0.25) is 0 Å². The molecule has 0 aromatic carbocycles. The zero-order chi connectivity index (χ0) is 16.4. The average Bonchev–Trinajstić information content (AvgIpc) is 2.78. The number of imide groups is 1. The molecule has 2 fully saturated rings. The van der Waals surface area contributed by atoms with E-state index in [0.29, 0.717) is 0 Å². The lowest BCUT2D eigenvalue weighted by Gasteiger charge is -2.38. The van der Waals surface area contributed by atoms with Gasteiger partial charge in [0.25, 0.3) is 0 Å². The summed E-state index contributed by atoms with van der Waals surface area (Å²) < 4.78 is 9.99. The van der Waals surface area contributed by atoms with E-state index in [1.165, 1.54) is 0 Å². The second-order valence-corrected chi connectivity index (χ2v) is 5.04. The number of hydrogen-bond acceptors (Lipinski definition) is 8. The Labute approximate surface area is 124 Å². The normalized spacial score (nSPS) is 36.0. The molecule has 0 aromatic rings. The Hall–Kier alpha value is -1.59. The van der Waals surface area contributed by atoms with Crippen molar-refractivity contribution >= 4 is 17.8 Å². The fraction of sp³-hybridized carbons (Fsp3) is 0.750. The topological polar surface area (TPSA) is 154 Å². The third-order valence-electron chi connectivity index (χ3n) is 3.56. The van der Waals surface area contributed by atoms with Gasteiger partial charge in [-0.25, -0.2) is 4.79 Å². The van der Waals surface area contributed by atoms with Gasteiger partial charge in [-0.15, -0.1) is 0 Å². The molecule has 0 bridgehead atoms. The van der Waals surface area contributed by atoms with Crippen LogP contribution >= 0.6 is 0 Å². The van der Waals surface area contributed by atoms with Crippen LogP contribution in [0.15, 0.2) is 0 Å².